The van der Waals surface area contributed by atoms with Crippen LogP contribution in [0.3, 0.4) is 0 Å². The summed E-state index contributed by atoms with van der Waals surface area (Å²) in [5.41, 5.74) is 2.45. The van der Waals surface area contributed by atoms with Crippen LogP contribution in [0.25, 0.3) is 22.3 Å². The Morgan fingerprint density at radius 3 is 2.59 bits per heavy atom. The van der Waals surface area contributed by atoms with Crippen molar-refractivity contribution < 1.29 is 14.3 Å². The molecule has 0 radical (unpaired) electrons. The van der Waals surface area contributed by atoms with Gasteiger partial charge in [0.25, 0.3) is 5.91 Å². The number of carbonyl (C=O) groups excluding carboxylic acids is 2. The van der Waals surface area contributed by atoms with Gasteiger partial charge in [-0.25, -0.2) is 14.5 Å². The average molecular weight is 449 g/mol. The molecule has 1 atom stereocenters. The zero-order chi connectivity index (χ0) is 22.7. The van der Waals surface area contributed by atoms with Gasteiger partial charge in [-0.15, -0.1) is 11.3 Å². The molecule has 8 heteroatoms. The number of ether oxygens (including phenoxy) is 1. The Labute approximate surface area is 190 Å². The van der Waals surface area contributed by atoms with Crippen molar-refractivity contribution in [2.24, 2.45) is 0 Å². The number of pyridine rings is 1. The number of amides is 1. The summed E-state index contributed by atoms with van der Waals surface area (Å²) in [6, 6.07) is 15.1. The molecule has 0 spiro atoms. The number of carbonyl (C=O) groups is 2. The van der Waals surface area contributed by atoms with E-state index in [4.69, 9.17) is 9.72 Å². The third kappa shape index (κ3) is 4.55. The monoisotopic (exact) mass is 448 g/mol. The maximum Gasteiger partial charge on any atom is 0.339 e. The van der Waals surface area contributed by atoms with Gasteiger partial charge in [0.2, 0.25) is 0 Å². The third-order valence-corrected chi connectivity index (χ3v) is 6.08. The molecule has 1 unspecified atom stereocenters. The largest absolute Gasteiger partial charge is 0.452 e. The molecular weight excluding hydrogens is 424 g/mol. The predicted molar refractivity (Wildman–Crippen MR) is 125 cm³/mol. The summed E-state index contributed by atoms with van der Waals surface area (Å²) in [6.07, 6.45) is 1.62. The molecule has 0 aliphatic heterocycles. The summed E-state index contributed by atoms with van der Waals surface area (Å²) in [5, 5.41) is 9.80. The topological polar surface area (TPSA) is 86.1 Å². The summed E-state index contributed by atoms with van der Waals surface area (Å²) < 4.78 is 7.14. The van der Waals surface area contributed by atoms with Crippen molar-refractivity contribution in [3.8, 4) is 11.3 Å². The van der Waals surface area contributed by atoms with E-state index < -0.39 is 5.97 Å². The maximum absolute atomic E-state index is 13.0. The summed E-state index contributed by atoms with van der Waals surface area (Å²) in [7, 11) is 0. The van der Waals surface area contributed by atoms with Gasteiger partial charge < -0.3 is 10.1 Å². The lowest BCUT2D eigenvalue weighted by atomic mass is 10.1. The van der Waals surface area contributed by atoms with Gasteiger partial charge in [-0.3, -0.25) is 4.79 Å². The fourth-order valence-electron chi connectivity index (χ4n) is 3.42. The SMILES string of the molecule is CC(NC(=O)COC(=O)c1cc(-c2ccccc2)nc2c1cnn2C(C)C)c1cccs1. The molecule has 32 heavy (non-hydrogen) atoms. The Kier molecular flexibility index (Phi) is 6.32. The second-order valence-corrected chi connectivity index (χ2v) is 8.70. The zero-order valence-corrected chi connectivity index (χ0v) is 18.9. The Hall–Kier alpha value is -3.52. The molecule has 0 bridgehead atoms. The second kappa shape index (κ2) is 9.32. The molecule has 1 aromatic carbocycles. The first-order valence-corrected chi connectivity index (χ1v) is 11.3. The first-order chi connectivity index (χ1) is 15.4. The third-order valence-electron chi connectivity index (χ3n) is 5.03. The molecule has 0 saturated heterocycles. The molecular formula is C24H24N4O3S. The lowest BCUT2D eigenvalue weighted by Gasteiger charge is -2.13. The van der Waals surface area contributed by atoms with Crippen molar-refractivity contribution in [2.45, 2.75) is 32.9 Å². The van der Waals surface area contributed by atoms with Crippen LogP contribution in [0.4, 0.5) is 0 Å². The van der Waals surface area contributed by atoms with E-state index in [0.717, 1.165) is 10.4 Å². The van der Waals surface area contributed by atoms with E-state index in [0.29, 0.717) is 22.3 Å². The fourth-order valence-corrected chi connectivity index (χ4v) is 4.16. The Morgan fingerprint density at radius 1 is 1.12 bits per heavy atom. The first-order valence-electron chi connectivity index (χ1n) is 10.4. The number of rotatable bonds is 7. The summed E-state index contributed by atoms with van der Waals surface area (Å²) in [5.74, 6) is -0.942. The fraction of sp³-hybridized carbons (Fsp3) is 0.250. The molecule has 0 saturated carbocycles. The minimum atomic E-state index is -0.586. The molecule has 164 valence electrons. The van der Waals surface area contributed by atoms with E-state index in [-0.39, 0.29) is 24.6 Å². The van der Waals surface area contributed by atoms with Crippen LogP contribution in [-0.4, -0.2) is 33.2 Å². The van der Waals surface area contributed by atoms with Gasteiger partial charge in [0, 0.05) is 16.5 Å². The van der Waals surface area contributed by atoms with Crippen LogP contribution in [0, 0.1) is 0 Å². The van der Waals surface area contributed by atoms with Gasteiger partial charge in [-0.2, -0.15) is 5.10 Å². The smallest absolute Gasteiger partial charge is 0.339 e. The van der Waals surface area contributed by atoms with Gasteiger partial charge in [0.05, 0.1) is 28.9 Å². The van der Waals surface area contributed by atoms with Crippen molar-refractivity contribution in [3.63, 3.8) is 0 Å². The van der Waals surface area contributed by atoms with Gasteiger partial charge in [-0.1, -0.05) is 36.4 Å². The van der Waals surface area contributed by atoms with Crippen molar-refractivity contribution in [2.75, 3.05) is 6.61 Å². The van der Waals surface area contributed by atoms with E-state index >= 15 is 0 Å². The van der Waals surface area contributed by atoms with Crippen LogP contribution in [0.2, 0.25) is 0 Å². The summed E-state index contributed by atoms with van der Waals surface area (Å²) >= 11 is 1.56. The van der Waals surface area contributed by atoms with Crippen LogP contribution in [-0.2, 0) is 9.53 Å². The number of hydrogen-bond donors (Lipinski definition) is 1. The van der Waals surface area contributed by atoms with E-state index in [1.54, 1.807) is 28.3 Å². The Balaban J connectivity index is 1.58. The van der Waals surface area contributed by atoms with Crippen LogP contribution >= 0.6 is 11.3 Å². The number of nitrogens with one attached hydrogen (secondary N) is 1. The number of thiophene rings is 1. The highest BCUT2D eigenvalue weighted by Crippen LogP contribution is 2.27. The quantitative estimate of drug-likeness (QED) is 0.412. The maximum atomic E-state index is 13.0. The minimum Gasteiger partial charge on any atom is -0.452 e. The number of fused-ring (bicyclic) bond motifs is 1. The second-order valence-electron chi connectivity index (χ2n) is 7.72. The number of aromatic nitrogens is 3. The van der Waals surface area contributed by atoms with Crippen LogP contribution in [0.1, 0.15) is 48.1 Å². The molecule has 0 fully saturated rings. The van der Waals surface area contributed by atoms with E-state index in [1.165, 1.54) is 0 Å². The Morgan fingerprint density at radius 2 is 1.91 bits per heavy atom. The van der Waals surface area contributed by atoms with E-state index in [1.807, 2.05) is 68.6 Å². The molecule has 0 aliphatic rings. The molecule has 3 heterocycles. The number of benzene rings is 1. The Bertz CT molecular complexity index is 1230. The number of esters is 1. The predicted octanol–water partition coefficient (Wildman–Crippen LogP) is 4.77. The highest BCUT2D eigenvalue weighted by atomic mass is 32.1. The average Bonchev–Trinajstić information content (AvgIpc) is 3.47. The van der Waals surface area contributed by atoms with Gasteiger partial charge in [0.1, 0.15) is 0 Å². The summed E-state index contributed by atoms with van der Waals surface area (Å²) in [4.78, 5) is 31.1. The molecule has 1 N–H and O–H groups in total. The number of nitrogens with zero attached hydrogens (tertiary/aromatic N) is 3. The standard InChI is InChI=1S/C24H24N4O3S/c1-15(2)28-23-19(13-25-28)18(12-20(27-23)17-8-5-4-6-9-17)24(30)31-14-22(29)26-16(3)21-10-7-11-32-21/h4-13,15-16H,14H2,1-3H3,(H,26,29). The molecule has 1 amide bonds. The van der Waals surface area contributed by atoms with E-state index in [9.17, 15) is 9.59 Å². The molecule has 0 aliphatic carbocycles. The molecule has 4 aromatic rings. The molecule has 3 aromatic heterocycles. The lowest BCUT2D eigenvalue weighted by molar-refractivity contribution is -0.124. The van der Waals surface area contributed by atoms with Crippen LogP contribution in [0.15, 0.2) is 60.1 Å². The van der Waals surface area contributed by atoms with Gasteiger partial charge >= 0.3 is 5.97 Å². The lowest BCUT2D eigenvalue weighted by Crippen LogP contribution is -2.30. The van der Waals surface area contributed by atoms with Crippen molar-refractivity contribution in [3.05, 3.63) is 70.5 Å². The van der Waals surface area contributed by atoms with Gasteiger partial charge in [-0.05, 0) is 38.3 Å². The van der Waals surface area contributed by atoms with Crippen molar-refractivity contribution in [1.82, 2.24) is 20.1 Å². The highest BCUT2D eigenvalue weighted by molar-refractivity contribution is 7.10. The van der Waals surface area contributed by atoms with Crippen LogP contribution in [0.5, 0.6) is 0 Å². The normalized spacial score (nSPS) is 12.1. The van der Waals surface area contributed by atoms with Crippen LogP contribution < -0.4 is 5.32 Å². The number of hydrogen-bond acceptors (Lipinski definition) is 6. The minimum absolute atomic E-state index is 0.0689. The molecule has 4 rings (SSSR count). The highest BCUT2D eigenvalue weighted by Gasteiger charge is 2.21. The van der Waals surface area contributed by atoms with Crippen molar-refractivity contribution >= 4 is 34.2 Å². The van der Waals surface area contributed by atoms with E-state index in [2.05, 4.69) is 10.4 Å². The first kappa shape index (κ1) is 21.7. The van der Waals surface area contributed by atoms with Crippen molar-refractivity contribution in [1.29, 1.82) is 0 Å². The zero-order valence-electron chi connectivity index (χ0n) is 18.1. The van der Waals surface area contributed by atoms with Gasteiger partial charge in [0.15, 0.2) is 12.3 Å². The molecule has 7 nitrogen and oxygen atoms in total. The summed E-state index contributed by atoms with van der Waals surface area (Å²) in [6.45, 7) is 5.53.